The summed E-state index contributed by atoms with van der Waals surface area (Å²) in [5.41, 5.74) is 4.10. The Balaban J connectivity index is 2.76. The minimum atomic E-state index is 0.642. The van der Waals surface area contributed by atoms with Crippen LogP contribution in [-0.4, -0.2) is 9.97 Å². The van der Waals surface area contributed by atoms with Crippen LogP contribution >= 0.6 is 0 Å². The maximum atomic E-state index is 5.44. The fraction of sp³-hybridized carbons (Fsp3) is 0.111. The van der Waals surface area contributed by atoms with Gasteiger partial charge in [0.15, 0.2) is 5.58 Å². The molecule has 0 atom stereocenters. The van der Waals surface area contributed by atoms with Crippen molar-refractivity contribution in [1.29, 1.82) is 0 Å². The predicted molar refractivity (Wildman–Crippen MR) is 45.2 cm³/mol. The zero-order valence-corrected chi connectivity index (χ0v) is 6.53. The van der Waals surface area contributed by atoms with Crippen LogP contribution in [0.3, 0.4) is 0 Å². The number of nitrogens with zero attached hydrogens (tertiary/aromatic N) is 2. The van der Waals surface area contributed by atoms with E-state index in [1.165, 1.54) is 0 Å². The number of hydrogen-bond acceptors (Lipinski definition) is 3. The molecular formula is C9H6N2O. The lowest BCUT2D eigenvalue weighted by molar-refractivity contribution is 0.654. The van der Waals surface area contributed by atoms with Crippen LogP contribution in [0.5, 0.6) is 0 Å². The Labute approximate surface area is 68.4 Å². The summed E-state index contributed by atoms with van der Waals surface area (Å²) in [6.07, 6.45) is 0. The zero-order valence-electron chi connectivity index (χ0n) is 6.53. The van der Waals surface area contributed by atoms with E-state index in [0.29, 0.717) is 5.71 Å². The van der Waals surface area contributed by atoms with E-state index in [2.05, 4.69) is 9.97 Å². The molecule has 2 bridgehead atoms. The van der Waals surface area contributed by atoms with Crippen LogP contribution in [0.25, 0.3) is 22.3 Å². The predicted octanol–water partition coefficient (Wildman–Crippen LogP) is 2.12. The number of hydrogen-bond donors (Lipinski definition) is 0. The second-order valence-corrected chi connectivity index (χ2v) is 2.84. The number of aromatic nitrogens is 2. The molecule has 3 aromatic rings. The third kappa shape index (κ3) is 0.563. The van der Waals surface area contributed by atoms with Crippen LogP contribution in [0.2, 0.25) is 0 Å². The lowest BCUT2D eigenvalue weighted by Gasteiger charge is -1.90. The molecule has 0 amide bonds. The summed E-state index contributed by atoms with van der Waals surface area (Å²) in [5, 5.41) is 0. The molecule has 58 valence electrons. The van der Waals surface area contributed by atoms with Crippen molar-refractivity contribution in [1.82, 2.24) is 9.97 Å². The van der Waals surface area contributed by atoms with E-state index >= 15 is 0 Å². The zero-order chi connectivity index (χ0) is 8.13. The third-order valence-corrected chi connectivity index (χ3v) is 2.00. The molecule has 3 rings (SSSR count). The van der Waals surface area contributed by atoms with Crippen LogP contribution in [0.1, 0.15) is 5.69 Å². The molecule has 1 aromatic carbocycles. The number of aryl methyl sites for hydroxylation is 1. The van der Waals surface area contributed by atoms with Crippen LogP contribution in [0.15, 0.2) is 22.6 Å². The number of rotatable bonds is 0. The van der Waals surface area contributed by atoms with Crippen molar-refractivity contribution < 1.29 is 4.42 Å². The van der Waals surface area contributed by atoms with Gasteiger partial charge in [0.25, 0.3) is 0 Å². The van der Waals surface area contributed by atoms with E-state index in [1.807, 2.05) is 25.1 Å². The van der Waals surface area contributed by atoms with Crippen LogP contribution in [-0.2, 0) is 0 Å². The van der Waals surface area contributed by atoms with Gasteiger partial charge in [-0.2, -0.15) is 0 Å². The van der Waals surface area contributed by atoms with Gasteiger partial charge in [-0.05, 0) is 19.1 Å². The molecule has 2 heterocycles. The van der Waals surface area contributed by atoms with Gasteiger partial charge in [0, 0.05) is 0 Å². The number of oxazole rings is 1. The van der Waals surface area contributed by atoms with E-state index in [4.69, 9.17) is 4.42 Å². The Bertz CT molecular complexity index is 536. The van der Waals surface area contributed by atoms with Crippen LogP contribution in [0, 0.1) is 6.92 Å². The molecule has 0 spiro atoms. The van der Waals surface area contributed by atoms with Crippen molar-refractivity contribution in [2.75, 3.05) is 0 Å². The highest BCUT2D eigenvalue weighted by atomic mass is 16.3. The highest BCUT2D eigenvalue weighted by Gasteiger charge is 2.09. The van der Waals surface area contributed by atoms with Crippen LogP contribution in [0.4, 0.5) is 0 Å². The Kier molecular flexibility index (Phi) is 0.864. The van der Waals surface area contributed by atoms with Gasteiger partial charge in [0.05, 0.1) is 5.52 Å². The Hall–Kier alpha value is -1.64. The highest BCUT2D eigenvalue weighted by molar-refractivity contribution is 5.91. The molecule has 0 aliphatic carbocycles. The van der Waals surface area contributed by atoms with Gasteiger partial charge in [-0.25, -0.2) is 9.97 Å². The molecular weight excluding hydrogens is 152 g/mol. The molecule has 0 saturated heterocycles. The molecule has 12 heavy (non-hydrogen) atoms. The summed E-state index contributed by atoms with van der Waals surface area (Å²) < 4.78 is 5.44. The lowest BCUT2D eigenvalue weighted by Crippen LogP contribution is -1.84. The first-order valence-corrected chi connectivity index (χ1v) is 3.80. The minimum Gasteiger partial charge on any atom is -0.435 e. The Morgan fingerprint density at radius 2 is 2.17 bits per heavy atom. The average molecular weight is 158 g/mol. The van der Waals surface area contributed by atoms with Crippen molar-refractivity contribution in [3.63, 3.8) is 0 Å². The molecule has 3 heteroatoms. The summed E-state index contributed by atoms with van der Waals surface area (Å²) in [7, 11) is 0. The highest BCUT2D eigenvalue weighted by Crippen LogP contribution is 2.23. The molecule has 0 aliphatic rings. The first-order chi connectivity index (χ1) is 5.84. The standard InChI is InChI=1S/C9H6N2O/c1-5-9-11-8-6(10-5)3-2-4-7(8)12-9/h2-4H,1H3. The van der Waals surface area contributed by atoms with Crippen molar-refractivity contribution in [3.8, 4) is 0 Å². The summed E-state index contributed by atoms with van der Waals surface area (Å²) in [6, 6.07) is 5.77. The normalized spacial score (nSPS) is 11.8. The fourth-order valence-electron chi connectivity index (χ4n) is 1.41. The summed E-state index contributed by atoms with van der Waals surface area (Å²) in [4.78, 5) is 8.62. The lowest BCUT2D eigenvalue weighted by atomic mass is 10.3. The molecule has 0 saturated carbocycles. The smallest absolute Gasteiger partial charge is 0.241 e. The average Bonchev–Trinajstić information content (AvgIpc) is 2.46. The fourth-order valence-corrected chi connectivity index (χ4v) is 1.41. The molecule has 0 radical (unpaired) electrons. The van der Waals surface area contributed by atoms with Crippen molar-refractivity contribution >= 4 is 22.3 Å². The van der Waals surface area contributed by atoms with Crippen molar-refractivity contribution in [3.05, 3.63) is 23.9 Å². The van der Waals surface area contributed by atoms with E-state index in [1.54, 1.807) is 0 Å². The SMILES string of the molecule is Cc1nc2cccc3oc1nc23. The molecule has 3 nitrogen and oxygen atoms in total. The van der Waals surface area contributed by atoms with Gasteiger partial charge >= 0.3 is 0 Å². The van der Waals surface area contributed by atoms with E-state index < -0.39 is 0 Å². The number of benzene rings is 1. The minimum absolute atomic E-state index is 0.642. The third-order valence-electron chi connectivity index (χ3n) is 2.00. The van der Waals surface area contributed by atoms with Crippen LogP contribution < -0.4 is 0 Å². The molecule has 0 N–H and O–H groups in total. The quantitative estimate of drug-likeness (QED) is 0.503. The monoisotopic (exact) mass is 158 g/mol. The van der Waals surface area contributed by atoms with Gasteiger partial charge in [-0.15, -0.1) is 0 Å². The summed E-state index contributed by atoms with van der Waals surface area (Å²) in [6.45, 7) is 1.90. The summed E-state index contributed by atoms with van der Waals surface area (Å²) in [5.74, 6) is 0. The summed E-state index contributed by atoms with van der Waals surface area (Å²) >= 11 is 0. The molecule has 0 aliphatic heterocycles. The Morgan fingerprint density at radius 3 is 3.08 bits per heavy atom. The maximum Gasteiger partial charge on any atom is 0.241 e. The Morgan fingerprint density at radius 1 is 1.25 bits per heavy atom. The second-order valence-electron chi connectivity index (χ2n) is 2.84. The topological polar surface area (TPSA) is 38.9 Å². The first kappa shape index (κ1) is 5.94. The van der Waals surface area contributed by atoms with Gasteiger partial charge in [-0.3, -0.25) is 0 Å². The number of fused-ring (bicyclic) bond motifs is 1. The van der Waals surface area contributed by atoms with Gasteiger partial charge in [0.2, 0.25) is 5.71 Å². The van der Waals surface area contributed by atoms with E-state index in [0.717, 1.165) is 22.3 Å². The number of para-hydroxylation sites is 1. The molecule has 0 unspecified atom stereocenters. The largest absolute Gasteiger partial charge is 0.435 e. The molecule has 0 fully saturated rings. The van der Waals surface area contributed by atoms with Crippen molar-refractivity contribution in [2.45, 2.75) is 6.92 Å². The molecule has 2 aromatic heterocycles. The van der Waals surface area contributed by atoms with E-state index in [-0.39, 0.29) is 0 Å². The van der Waals surface area contributed by atoms with E-state index in [9.17, 15) is 0 Å². The second kappa shape index (κ2) is 1.75. The first-order valence-electron chi connectivity index (χ1n) is 3.80. The van der Waals surface area contributed by atoms with Crippen molar-refractivity contribution in [2.24, 2.45) is 0 Å². The van der Waals surface area contributed by atoms with Gasteiger partial charge in [-0.1, -0.05) is 6.07 Å². The van der Waals surface area contributed by atoms with Gasteiger partial charge < -0.3 is 4.42 Å². The maximum absolute atomic E-state index is 5.44. The van der Waals surface area contributed by atoms with Gasteiger partial charge in [0.1, 0.15) is 11.2 Å².